The van der Waals surface area contributed by atoms with E-state index < -0.39 is 0 Å². The summed E-state index contributed by atoms with van der Waals surface area (Å²) < 4.78 is 0. The zero-order valence-corrected chi connectivity index (χ0v) is 9.23. The van der Waals surface area contributed by atoms with E-state index in [0.717, 1.165) is 14.7 Å². The molecule has 0 fully saturated rings. The van der Waals surface area contributed by atoms with Crippen molar-refractivity contribution in [3.63, 3.8) is 0 Å². The van der Waals surface area contributed by atoms with Crippen molar-refractivity contribution in [2.24, 2.45) is 0 Å². The fourth-order valence-electron chi connectivity index (χ4n) is 0.642. The molecule has 0 N–H and O–H groups in total. The van der Waals surface area contributed by atoms with Crippen molar-refractivity contribution in [3.8, 4) is 0 Å². The lowest BCUT2D eigenvalue weighted by atomic mass is 10.5. The highest BCUT2D eigenvalue weighted by Crippen LogP contribution is 2.33. The molecule has 0 spiro atoms. The van der Waals surface area contributed by atoms with E-state index in [9.17, 15) is 0 Å². The van der Waals surface area contributed by atoms with Crippen LogP contribution in [0, 0.1) is 0 Å². The number of hydrogen-bond donors (Lipinski definition) is 0. The molecule has 0 unspecified atom stereocenters. The topological polar surface area (TPSA) is 0 Å². The van der Waals surface area contributed by atoms with Crippen LogP contribution in [0.25, 0.3) is 0 Å². The Morgan fingerprint density at radius 1 is 1.33 bits per heavy atom. The largest absolute Gasteiger partial charge is 0.128 e. The first-order valence-electron chi connectivity index (χ1n) is 3.51. The molecule has 0 aliphatic carbocycles. The minimum Gasteiger partial charge on any atom is -0.128 e. The van der Waals surface area contributed by atoms with Gasteiger partial charge in [0.15, 0.2) is 0 Å². The standard InChI is InChI=1S/C10H14S2/c1-6-7-10(11-5)9(4)12-8(2)3/h6-7H,1-2,4H2,3,5H3/b10-7-. The van der Waals surface area contributed by atoms with Crippen LogP contribution in [0.3, 0.4) is 0 Å². The van der Waals surface area contributed by atoms with E-state index in [1.165, 1.54) is 0 Å². The molecule has 0 aromatic heterocycles. The van der Waals surface area contributed by atoms with E-state index >= 15 is 0 Å². The van der Waals surface area contributed by atoms with Gasteiger partial charge < -0.3 is 0 Å². The first kappa shape index (κ1) is 11.7. The van der Waals surface area contributed by atoms with E-state index in [4.69, 9.17) is 0 Å². The van der Waals surface area contributed by atoms with Crippen molar-refractivity contribution in [3.05, 3.63) is 46.6 Å². The summed E-state index contributed by atoms with van der Waals surface area (Å²) in [6.07, 6.45) is 5.76. The second kappa shape index (κ2) is 6.21. The van der Waals surface area contributed by atoms with Crippen LogP contribution in [-0.4, -0.2) is 6.26 Å². The molecule has 0 aliphatic rings. The maximum Gasteiger partial charge on any atom is 0.0202 e. The number of allylic oxidation sites excluding steroid dienone is 3. The molecule has 0 aliphatic heterocycles. The lowest BCUT2D eigenvalue weighted by Crippen LogP contribution is -1.77. The van der Waals surface area contributed by atoms with Crippen LogP contribution in [0.5, 0.6) is 0 Å². The van der Waals surface area contributed by atoms with Gasteiger partial charge in [0.2, 0.25) is 0 Å². The summed E-state index contributed by atoms with van der Waals surface area (Å²) in [6, 6.07) is 0. The first-order chi connectivity index (χ1) is 5.61. The lowest BCUT2D eigenvalue weighted by Gasteiger charge is -2.05. The molecule has 0 aromatic rings. The quantitative estimate of drug-likeness (QED) is 0.607. The van der Waals surface area contributed by atoms with Gasteiger partial charge in [0.25, 0.3) is 0 Å². The van der Waals surface area contributed by atoms with Gasteiger partial charge in [-0.1, -0.05) is 37.6 Å². The van der Waals surface area contributed by atoms with Crippen LogP contribution in [-0.2, 0) is 0 Å². The predicted octanol–water partition coefficient (Wildman–Crippen LogP) is 4.20. The van der Waals surface area contributed by atoms with Gasteiger partial charge in [-0.2, -0.15) is 0 Å². The van der Waals surface area contributed by atoms with Crippen molar-refractivity contribution >= 4 is 23.5 Å². The van der Waals surface area contributed by atoms with Gasteiger partial charge in [-0.3, -0.25) is 0 Å². The van der Waals surface area contributed by atoms with Crippen LogP contribution in [0.1, 0.15) is 6.92 Å². The van der Waals surface area contributed by atoms with Crippen molar-refractivity contribution < 1.29 is 0 Å². The monoisotopic (exact) mass is 198 g/mol. The second-order valence-corrected chi connectivity index (χ2v) is 4.44. The molecule has 0 aromatic carbocycles. The Labute approximate surface area is 83.5 Å². The molecule has 0 atom stereocenters. The van der Waals surface area contributed by atoms with E-state index in [2.05, 4.69) is 19.7 Å². The molecule has 0 amide bonds. The number of hydrogen-bond acceptors (Lipinski definition) is 2. The summed E-state index contributed by atoms with van der Waals surface area (Å²) in [7, 11) is 0. The molecule has 0 radical (unpaired) electrons. The Morgan fingerprint density at radius 2 is 1.92 bits per heavy atom. The van der Waals surface area contributed by atoms with Gasteiger partial charge in [-0.05, 0) is 24.2 Å². The molecular weight excluding hydrogens is 184 g/mol. The third-order valence-corrected chi connectivity index (χ3v) is 2.83. The second-order valence-electron chi connectivity index (χ2n) is 2.20. The Morgan fingerprint density at radius 3 is 2.25 bits per heavy atom. The SMILES string of the molecule is C=C/C=C(\SC)C(=C)SC(=C)C. The van der Waals surface area contributed by atoms with Gasteiger partial charge in [0.05, 0.1) is 0 Å². The first-order valence-corrected chi connectivity index (χ1v) is 5.55. The van der Waals surface area contributed by atoms with Crippen molar-refractivity contribution in [2.75, 3.05) is 6.26 Å². The Bertz CT molecular complexity index is 224. The number of rotatable bonds is 5. The summed E-state index contributed by atoms with van der Waals surface area (Å²) in [5.74, 6) is 0. The third-order valence-electron chi connectivity index (χ3n) is 1.06. The van der Waals surface area contributed by atoms with Gasteiger partial charge in [0, 0.05) is 9.81 Å². The van der Waals surface area contributed by atoms with Gasteiger partial charge in [0.1, 0.15) is 0 Å². The van der Waals surface area contributed by atoms with Gasteiger partial charge >= 0.3 is 0 Å². The molecule has 66 valence electrons. The Kier molecular flexibility index (Phi) is 6.03. The molecule has 0 bridgehead atoms. The summed E-state index contributed by atoms with van der Waals surface area (Å²) in [4.78, 5) is 3.25. The average Bonchev–Trinajstić information content (AvgIpc) is 1.98. The highest BCUT2D eigenvalue weighted by molar-refractivity contribution is 8.10. The third kappa shape index (κ3) is 4.52. The van der Waals surface area contributed by atoms with E-state index in [1.54, 1.807) is 29.6 Å². The molecular formula is C10H14S2. The van der Waals surface area contributed by atoms with E-state index in [0.29, 0.717) is 0 Å². The van der Waals surface area contributed by atoms with Crippen LogP contribution in [0.2, 0.25) is 0 Å². The fraction of sp³-hybridized carbons (Fsp3) is 0.200. The van der Waals surface area contributed by atoms with Crippen LogP contribution < -0.4 is 0 Å². The minimum absolute atomic E-state index is 1.04. The van der Waals surface area contributed by atoms with Crippen molar-refractivity contribution in [2.45, 2.75) is 6.92 Å². The maximum atomic E-state index is 3.95. The molecule has 0 heterocycles. The maximum absolute atomic E-state index is 3.95. The molecule has 12 heavy (non-hydrogen) atoms. The summed E-state index contributed by atoms with van der Waals surface area (Å²) in [5.41, 5.74) is 0. The number of thioether (sulfide) groups is 2. The molecule has 2 heteroatoms. The van der Waals surface area contributed by atoms with Crippen LogP contribution in [0.4, 0.5) is 0 Å². The summed E-state index contributed by atoms with van der Waals surface area (Å²) in [5, 5.41) is 0. The van der Waals surface area contributed by atoms with Gasteiger partial charge in [-0.15, -0.1) is 11.8 Å². The smallest absolute Gasteiger partial charge is 0.0202 e. The highest BCUT2D eigenvalue weighted by Gasteiger charge is 2.00. The zero-order chi connectivity index (χ0) is 9.56. The van der Waals surface area contributed by atoms with Crippen molar-refractivity contribution in [1.29, 1.82) is 0 Å². The zero-order valence-electron chi connectivity index (χ0n) is 7.59. The van der Waals surface area contributed by atoms with Crippen molar-refractivity contribution in [1.82, 2.24) is 0 Å². The highest BCUT2D eigenvalue weighted by atomic mass is 32.2. The summed E-state index contributed by atoms with van der Waals surface area (Å²) >= 11 is 3.27. The average molecular weight is 198 g/mol. The van der Waals surface area contributed by atoms with E-state index in [1.807, 2.05) is 19.3 Å². The molecule has 0 rings (SSSR count). The Hall–Kier alpha value is -0.340. The van der Waals surface area contributed by atoms with Gasteiger partial charge in [-0.25, -0.2) is 0 Å². The predicted molar refractivity (Wildman–Crippen MR) is 63.3 cm³/mol. The fourth-order valence-corrected chi connectivity index (χ4v) is 2.07. The molecule has 0 nitrogen and oxygen atoms in total. The molecule has 0 saturated heterocycles. The molecule has 0 saturated carbocycles. The van der Waals surface area contributed by atoms with Crippen LogP contribution in [0.15, 0.2) is 46.6 Å². The Balaban J connectivity index is 4.32. The summed E-state index contributed by atoms with van der Waals surface area (Å²) in [6.45, 7) is 13.4. The lowest BCUT2D eigenvalue weighted by molar-refractivity contribution is 1.72. The normalized spacial score (nSPS) is 11.0. The van der Waals surface area contributed by atoms with E-state index in [-0.39, 0.29) is 0 Å². The van der Waals surface area contributed by atoms with Crippen LogP contribution >= 0.6 is 23.5 Å². The minimum atomic E-state index is 1.04.